The summed E-state index contributed by atoms with van der Waals surface area (Å²) in [5.41, 5.74) is 0. The van der Waals surface area contributed by atoms with Crippen molar-refractivity contribution in [2.75, 3.05) is 0 Å². The summed E-state index contributed by atoms with van der Waals surface area (Å²) >= 11 is 0. The van der Waals surface area contributed by atoms with Gasteiger partial charge in [-0.1, -0.05) is 13.8 Å². The summed E-state index contributed by atoms with van der Waals surface area (Å²) in [7, 11) is 0. The van der Waals surface area contributed by atoms with Crippen molar-refractivity contribution in [3.05, 3.63) is 0 Å². The first kappa shape index (κ1) is 8.02. The van der Waals surface area contributed by atoms with E-state index < -0.39 is 0 Å². The third-order valence-electron chi connectivity index (χ3n) is 2.46. The molecule has 0 aromatic carbocycles. The third kappa shape index (κ3) is 1.50. The minimum Gasteiger partial charge on any atom is -0.421 e. The Kier molecular flexibility index (Phi) is 2.32. The molecule has 0 saturated carbocycles. The van der Waals surface area contributed by atoms with Crippen LogP contribution in [-0.4, -0.2) is 17.5 Å². The fraction of sp³-hybridized carbons (Fsp3) is 1.00. The van der Waals surface area contributed by atoms with Crippen molar-refractivity contribution >= 4 is 0 Å². The lowest BCUT2D eigenvalue weighted by atomic mass is 9.88. The molecule has 2 N–H and O–H groups in total. The molecule has 0 aromatic heterocycles. The molecular weight excluding hydrogens is 128 g/mol. The van der Waals surface area contributed by atoms with Gasteiger partial charge in [-0.05, 0) is 19.3 Å². The minimum atomic E-state index is -0.293. The van der Waals surface area contributed by atoms with E-state index >= 15 is 0 Å². The van der Waals surface area contributed by atoms with Gasteiger partial charge in [-0.3, -0.25) is 0 Å². The maximum Gasteiger partial charge on any atom is 0.266 e. The third-order valence-corrected chi connectivity index (χ3v) is 2.46. The molecule has 1 heterocycles. The lowest BCUT2D eigenvalue weighted by Crippen LogP contribution is -2.37. The maximum atomic E-state index is 7.52. The second-order valence-corrected chi connectivity index (χ2v) is 3.44. The van der Waals surface area contributed by atoms with E-state index in [0.29, 0.717) is 11.8 Å². The Balaban J connectivity index is 2.49. The highest BCUT2D eigenvalue weighted by Crippen LogP contribution is 2.28. The van der Waals surface area contributed by atoms with Crippen molar-refractivity contribution in [2.45, 2.75) is 39.6 Å². The van der Waals surface area contributed by atoms with Crippen molar-refractivity contribution in [1.29, 1.82) is 0 Å². The maximum absolute atomic E-state index is 7.52. The van der Waals surface area contributed by atoms with Crippen LogP contribution in [0.1, 0.15) is 27.2 Å². The number of hydrogen-bond donors (Lipinski definition) is 0. The number of rotatable bonds is 0. The first-order chi connectivity index (χ1) is 4.61. The van der Waals surface area contributed by atoms with Crippen molar-refractivity contribution in [1.82, 2.24) is 0 Å². The predicted octanol–water partition coefficient (Wildman–Crippen LogP) is 1.12. The van der Waals surface area contributed by atoms with Crippen LogP contribution < -0.4 is 0 Å². The van der Waals surface area contributed by atoms with Crippen molar-refractivity contribution in [2.24, 2.45) is 11.8 Å². The van der Waals surface area contributed by atoms with Gasteiger partial charge >= 0.3 is 0 Å². The van der Waals surface area contributed by atoms with Gasteiger partial charge in [0, 0.05) is 0 Å². The van der Waals surface area contributed by atoms with Crippen LogP contribution in [0.4, 0.5) is 0 Å². The number of hydrogen-bond acceptors (Lipinski definition) is 1. The average Bonchev–Trinajstić information content (AvgIpc) is 1.82. The fourth-order valence-electron chi connectivity index (χ4n) is 1.47. The molecule has 2 unspecified atom stereocenters. The van der Waals surface area contributed by atoms with Crippen LogP contribution in [-0.2, 0) is 4.74 Å². The average molecular weight is 145 g/mol. The summed E-state index contributed by atoms with van der Waals surface area (Å²) in [5.74, 6) is 1.04. The SMILES string of the molecule is CC1C[C@H](C)C(C)[C@H]([OH2+])O1. The zero-order valence-electron chi connectivity index (χ0n) is 6.92. The Morgan fingerprint density at radius 2 is 1.90 bits per heavy atom. The van der Waals surface area contributed by atoms with Crippen LogP contribution >= 0.6 is 0 Å². The second kappa shape index (κ2) is 2.89. The summed E-state index contributed by atoms with van der Waals surface area (Å²) in [4.78, 5) is 0. The largest absolute Gasteiger partial charge is 0.421 e. The lowest BCUT2D eigenvalue weighted by Gasteiger charge is -2.31. The van der Waals surface area contributed by atoms with Gasteiger partial charge in [0.2, 0.25) is 0 Å². The Morgan fingerprint density at radius 1 is 1.30 bits per heavy atom. The monoisotopic (exact) mass is 145 g/mol. The zero-order chi connectivity index (χ0) is 7.72. The lowest BCUT2D eigenvalue weighted by molar-refractivity contribution is -0.199. The molecule has 0 bridgehead atoms. The van der Waals surface area contributed by atoms with Crippen molar-refractivity contribution in [3.8, 4) is 0 Å². The van der Waals surface area contributed by atoms with E-state index in [1.165, 1.54) is 0 Å². The highest BCUT2D eigenvalue weighted by Gasteiger charge is 2.33. The molecule has 4 atom stereocenters. The van der Waals surface area contributed by atoms with Gasteiger partial charge in [0.25, 0.3) is 6.29 Å². The number of ether oxygens (including phenoxy) is 1. The van der Waals surface area contributed by atoms with Gasteiger partial charge in [0.05, 0.1) is 12.0 Å². The van der Waals surface area contributed by atoms with Crippen LogP contribution in [0.2, 0.25) is 0 Å². The summed E-state index contributed by atoms with van der Waals surface area (Å²) < 4.78 is 5.34. The highest BCUT2D eigenvalue weighted by atomic mass is 16.6. The smallest absolute Gasteiger partial charge is 0.266 e. The molecule has 10 heavy (non-hydrogen) atoms. The van der Waals surface area contributed by atoms with Gasteiger partial charge in [-0.15, -0.1) is 0 Å². The molecule has 1 aliphatic rings. The van der Waals surface area contributed by atoms with Crippen molar-refractivity contribution < 1.29 is 9.84 Å². The normalized spacial score (nSPS) is 49.2. The first-order valence-electron chi connectivity index (χ1n) is 3.98. The van der Waals surface area contributed by atoms with E-state index in [4.69, 9.17) is 9.84 Å². The summed E-state index contributed by atoms with van der Waals surface area (Å²) in [6.45, 7) is 6.34. The molecule has 1 fully saturated rings. The van der Waals surface area contributed by atoms with Gasteiger partial charge < -0.3 is 9.84 Å². The molecule has 0 aromatic rings. The molecule has 1 rings (SSSR count). The van der Waals surface area contributed by atoms with Crippen LogP contribution in [0.5, 0.6) is 0 Å². The molecular formula is C8H17O2+. The summed E-state index contributed by atoms with van der Waals surface area (Å²) in [6.07, 6.45) is 1.10. The minimum absolute atomic E-state index is 0.286. The van der Waals surface area contributed by atoms with Crippen LogP contribution in [0, 0.1) is 11.8 Å². The van der Waals surface area contributed by atoms with Crippen LogP contribution in [0.3, 0.4) is 0 Å². The summed E-state index contributed by atoms with van der Waals surface area (Å²) in [5, 5.41) is 7.52. The van der Waals surface area contributed by atoms with Crippen molar-refractivity contribution in [3.63, 3.8) is 0 Å². The quantitative estimate of drug-likeness (QED) is 0.470. The van der Waals surface area contributed by atoms with Crippen LogP contribution in [0.15, 0.2) is 0 Å². The predicted molar refractivity (Wildman–Crippen MR) is 40.9 cm³/mol. The van der Waals surface area contributed by atoms with Gasteiger partial charge in [-0.2, -0.15) is 0 Å². The molecule has 2 heteroatoms. The zero-order valence-corrected chi connectivity index (χ0v) is 6.92. The molecule has 0 amide bonds. The van der Waals surface area contributed by atoms with E-state index in [1.807, 2.05) is 6.92 Å². The molecule has 1 aliphatic heterocycles. The molecule has 1 saturated heterocycles. The standard InChI is InChI=1S/C8H16O2/c1-5-4-6(2)10-8(9)7(5)3/h5-9H,4H2,1-3H3/p+1/t5-,6?,7?,8+/m0/s1. The van der Waals surface area contributed by atoms with Gasteiger partial charge in [0.1, 0.15) is 0 Å². The first-order valence-corrected chi connectivity index (χ1v) is 3.98. The van der Waals surface area contributed by atoms with E-state index in [1.54, 1.807) is 0 Å². The highest BCUT2D eigenvalue weighted by molar-refractivity contribution is 4.73. The van der Waals surface area contributed by atoms with E-state index in [0.717, 1.165) is 6.42 Å². The van der Waals surface area contributed by atoms with Crippen LogP contribution in [0.25, 0.3) is 0 Å². The second-order valence-electron chi connectivity index (χ2n) is 3.44. The molecule has 2 nitrogen and oxygen atoms in total. The molecule has 60 valence electrons. The summed E-state index contributed by atoms with van der Waals surface area (Å²) in [6, 6.07) is 0. The Morgan fingerprint density at radius 3 is 2.40 bits per heavy atom. The van der Waals surface area contributed by atoms with Gasteiger partial charge in [-0.25, -0.2) is 0 Å². The van der Waals surface area contributed by atoms with E-state index in [-0.39, 0.29) is 12.4 Å². The Labute approximate surface area is 62.2 Å². The van der Waals surface area contributed by atoms with E-state index in [2.05, 4.69) is 13.8 Å². The fourth-order valence-corrected chi connectivity index (χ4v) is 1.47. The molecule has 0 radical (unpaired) electrons. The van der Waals surface area contributed by atoms with Gasteiger partial charge in [0.15, 0.2) is 0 Å². The molecule has 0 aliphatic carbocycles. The Bertz CT molecular complexity index is 102. The Hall–Kier alpha value is -0.0800. The van der Waals surface area contributed by atoms with E-state index in [9.17, 15) is 0 Å². The topological polar surface area (TPSA) is 32.1 Å². The molecule has 0 spiro atoms.